The lowest BCUT2D eigenvalue weighted by molar-refractivity contribution is -0.138. The van der Waals surface area contributed by atoms with Crippen molar-refractivity contribution >= 4 is 28.6 Å². The molecule has 0 spiro atoms. The summed E-state index contributed by atoms with van der Waals surface area (Å²) in [7, 11) is 1.34. The van der Waals surface area contributed by atoms with Gasteiger partial charge in [0.25, 0.3) is 0 Å². The standard InChI is InChI=1S/C22H22N4O3/c1-29-20(27)13-23-21-15-9-5-6-10-18(15)25-19(26-21)12-24-22(28)17-11-16(17)14-7-3-2-4-8-14/h2-10,16-17H,11-13H2,1H3,(H,24,28)(H,23,25,26)/t16-,17+/m0/s1. The van der Waals surface area contributed by atoms with Gasteiger partial charge in [0.15, 0.2) is 5.82 Å². The molecule has 148 valence electrons. The Bertz CT molecular complexity index is 1040. The Labute approximate surface area is 168 Å². The quantitative estimate of drug-likeness (QED) is 0.603. The zero-order valence-electron chi connectivity index (χ0n) is 16.1. The van der Waals surface area contributed by atoms with Crippen LogP contribution in [0.1, 0.15) is 23.7 Å². The molecule has 0 radical (unpaired) electrons. The van der Waals surface area contributed by atoms with Crippen LogP contribution in [0.5, 0.6) is 0 Å². The van der Waals surface area contributed by atoms with E-state index in [1.165, 1.54) is 12.7 Å². The predicted octanol–water partition coefficient (Wildman–Crippen LogP) is 2.63. The number of benzene rings is 2. The molecule has 0 bridgehead atoms. The minimum atomic E-state index is -0.386. The first-order chi connectivity index (χ1) is 14.2. The van der Waals surface area contributed by atoms with E-state index in [9.17, 15) is 9.59 Å². The van der Waals surface area contributed by atoms with Crippen molar-refractivity contribution in [3.63, 3.8) is 0 Å². The normalized spacial score (nSPS) is 17.6. The van der Waals surface area contributed by atoms with E-state index in [2.05, 4.69) is 37.5 Å². The number of carbonyl (C=O) groups excluding carboxylic acids is 2. The van der Waals surface area contributed by atoms with Crippen LogP contribution in [0.3, 0.4) is 0 Å². The third-order valence-electron chi connectivity index (χ3n) is 5.05. The number of aromatic nitrogens is 2. The summed E-state index contributed by atoms with van der Waals surface area (Å²) in [6, 6.07) is 17.6. The zero-order valence-corrected chi connectivity index (χ0v) is 16.1. The van der Waals surface area contributed by atoms with Gasteiger partial charge in [-0.3, -0.25) is 9.59 Å². The second-order valence-corrected chi connectivity index (χ2v) is 7.01. The molecule has 1 aliphatic rings. The first-order valence-corrected chi connectivity index (χ1v) is 9.54. The van der Waals surface area contributed by atoms with Crippen LogP contribution in [0, 0.1) is 5.92 Å². The number of rotatable bonds is 7. The van der Waals surface area contributed by atoms with E-state index in [4.69, 9.17) is 0 Å². The van der Waals surface area contributed by atoms with Crippen molar-refractivity contribution in [3.05, 3.63) is 66.0 Å². The summed E-state index contributed by atoms with van der Waals surface area (Å²) in [5.74, 6) is 0.934. The SMILES string of the molecule is COC(=O)CNc1nc(CNC(=O)[C@@H]2C[C@H]2c2ccccc2)nc2ccccc12. The average Bonchev–Trinajstić information content (AvgIpc) is 3.57. The molecule has 1 aromatic heterocycles. The Balaban J connectivity index is 1.44. The van der Waals surface area contributed by atoms with E-state index in [-0.39, 0.29) is 36.8 Å². The molecule has 1 fully saturated rings. The van der Waals surface area contributed by atoms with Crippen LogP contribution in [0.15, 0.2) is 54.6 Å². The van der Waals surface area contributed by atoms with Gasteiger partial charge in [0.05, 0.1) is 19.2 Å². The molecule has 3 aromatic rings. The maximum atomic E-state index is 12.5. The van der Waals surface area contributed by atoms with Crippen LogP contribution in [0.4, 0.5) is 5.82 Å². The Kier molecular flexibility index (Phi) is 5.37. The third kappa shape index (κ3) is 4.34. The fraction of sp³-hybridized carbons (Fsp3) is 0.273. The third-order valence-corrected chi connectivity index (χ3v) is 5.05. The molecule has 1 aliphatic carbocycles. The molecule has 1 heterocycles. The molecule has 1 saturated carbocycles. The highest BCUT2D eigenvalue weighted by molar-refractivity contribution is 5.90. The predicted molar refractivity (Wildman–Crippen MR) is 109 cm³/mol. The molecule has 0 saturated heterocycles. The second kappa shape index (κ2) is 8.26. The van der Waals surface area contributed by atoms with Crippen LogP contribution in [0.25, 0.3) is 10.9 Å². The highest BCUT2D eigenvalue weighted by Gasteiger charge is 2.43. The highest BCUT2D eigenvalue weighted by Crippen LogP contribution is 2.47. The summed E-state index contributed by atoms with van der Waals surface area (Å²) < 4.78 is 4.67. The first-order valence-electron chi connectivity index (χ1n) is 9.54. The van der Waals surface area contributed by atoms with Gasteiger partial charge in [-0.2, -0.15) is 0 Å². The van der Waals surface area contributed by atoms with Gasteiger partial charge in [-0.25, -0.2) is 9.97 Å². The summed E-state index contributed by atoms with van der Waals surface area (Å²) in [5.41, 5.74) is 1.94. The van der Waals surface area contributed by atoms with Gasteiger partial charge >= 0.3 is 5.97 Å². The minimum absolute atomic E-state index is 0.00410. The summed E-state index contributed by atoms with van der Waals surface area (Å²) in [6.07, 6.45) is 0.861. The maximum Gasteiger partial charge on any atom is 0.325 e. The van der Waals surface area contributed by atoms with E-state index >= 15 is 0 Å². The van der Waals surface area contributed by atoms with Gasteiger partial charge in [-0.15, -0.1) is 0 Å². The van der Waals surface area contributed by atoms with Crippen molar-refractivity contribution in [1.82, 2.24) is 15.3 Å². The molecule has 2 N–H and O–H groups in total. The molecule has 29 heavy (non-hydrogen) atoms. The largest absolute Gasteiger partial charge is 0.468 e. The van der Waals surface area contributed by atoms with Crippen LogP contribution in [0.2, 0.25) is 0 Å². The van der Waals surface area contributed by atoms with E-state index in [0.717, 1.165) is 17.3 Å². The molecule has 7 heteroatoms. The number of amides is 1. The minimum Gasteiger partial charge on any atom is -0.468 e. The number of anilines is 1. The maximum absolute atomic E-state index is 12.5. The number of esters is 1. The van der Waals surface area contributed by atoms with Crippen LogP contribution < -0.4 is 10.6 Å². The molecular weight excluding hydrogens is 368 g/mol. The number of para-hydroxylation sites is 1. The molecule has 0 unspecified atom stereocenters. The summed E-state index contributed by atoms with van der Waals surface area (Å²) in [5, 5.41) is 6.74. The topological polar surface area (TPSA) is 93.2 Å². The van der Waals surface area contributed by atoms with Crippen LogP contribution in [-0.4, -0.2) is 35.5 Å². The molecule has 4 rings (SSSR count). The van der Waals surface area contributed by atoms with Crippen molar-refractivity contribution in [1.29, 1.82) is 0 Å². The molecular formula is C22H22N4O3. The lowest BCUT2D eigenvalue weighted by atomic mass is 10.1. The van der Waals surface area contributed by atoms with Gasteiger partial charge in [0.2, 0.25) is 5.91 Å². The number of fused-ring (bicyclic) bond motifs is 1. The first kappa shape index (κ1) is 18.9. The van der Waals surface area contributed by atoms with E-state index in [1.807, 2.05) is 42.5 Å². The van der Waals surface area contributed by atoms with Gasteiger partial charge < -0.3 is 15.4 Å². The average molecular weight is 390 g/mol. The van der Waals surface area contributed by atoms with Crippen LogP contribution >= 0.6 is 0 Å². The van der Waals surface area contributed by atoms with Crippen molar-refractivity contribution in [2.24, 2.45) is 5.92 Å². The fourth-order valence-electron chi connectivity index (χ4n) is 3.42. The lowest BCUT2D eigenvalue weighted by Crippen LogP contribution is -2.26. The number of nitrogens with zero attached hydrogens (tertiary/aromatic N) is 2. The fourth-order valence-corrected chi connectivity index (χ4v) is 3.42. The van der Waals surface area contributed by atoms with E-state index in [0.29, 0.717) is 11.6 Å². The van der Waals surface area contributed by atoms with E-state index in [1.54, 1.807) is 0 Å². The van der Waals surface area contributed by atoms with Gasteiger partial charge in [0, 0.05) is 11.3 Å². The number of carbonyl (C=O) groups is 2. The van der Waals surface area contributed by atoms with Crippen LogP contribution in [-0.2, 0) is 20.9 Å². The molecule has 1 amide bonds. The summed E-state index contributed by atoms with van der Waals surface area (Å²) in [4.78, 5) is 33.0. The number of ether oxygens (including phenoxy) is 1. The summed E-state index contributed by atoms with van der Waals surface area (Å²) >= 11 is 0. The number of hydrogen-bond donors (Lipinski definition) is 2. The Morgan fingerprint density at radius 1 is 1.07 bits per heavy atom. The van der Waals surface area contributed by atoms with Gasteiger partial charge in [-0.05, 0) is 30.0 Å². The van der Waals surface area contributed by atoms with Crippen molar-refractivity contribution in [2.45, 2.75) is 18.9 Å². The molecule has 0 aliphatic heterocycles. The Hall–Kier alpha value is -3.48. The number of nitrogens with one attached hydrogen (secondary N) is 2. The Morgan fingerprint density at radius 2 is 1.83 bits per heavy atom. The second-order valence-electron chi connectivity index (χ2n) is 7.01. The Morgan fingerprint density at radius 3 is 2.62 bits per heavy atom. The van der Waals surface area contributed by atoms with Crippen molar-refractivity contribution in [3.8, 4) is 0 Å². The zero-order chi connectivity index (χ0) is 20.2. The molecule has 2 aromatic carbocycles. The van der Waals surface area contributed by atoms with Gasteiger partial charge in [0.1, 0.15) is 12.4 Å². The molecule has 2 atom stereocenters. The smallest absolute Gasteiger partial charge is 0.325 e. The van der Waals surface area contributed by atoms with Gasteiger partial charge in [-0.1, -0.05) is 42.5 Å². The number of hydrogen-bond acceptors (Lipinski definition) is 6. The summed E-state index contributed by atoms with van der Waals surface area (Å²) in [6.45, 7) is 0.235. The lowest BCUT2D eigenvalue weighted by Gasteiger charge is -2.11. The molecule has 7 nitrogen and oxygen atoms in total. The van der Waals surface area contributed by atoms with Crippen molar-refractivity contribution < 1.29 is 14.3 Å². The monoisotopic (exact) mass is 390 g/mol. The number of methoxy groups -OCH3 is 1. The highest BCUT2D eigenvalue weighted by atomic mass is 16.5. The van der Waals surface area contributed by atoms with Crippen molar-refractivity contribution in [2.75, 3.05) is 19.0 Å². The van der Waals surface area contributed by atoms with E-state index < -0.39 is 0 Å².